The number of benzene rings is 1. The quantitative estimate of drug-likeness (QED) is 0.925. The van der Waals surface area contributed by atoms with E-state index in [1.54, 1.807) is 0 Å². The van der Waals surface area contributed by atoms with Crippen molar-refractivity contribution in [3.63, 3.8) is 0 Å². The summed E-state index contributed by atoms with van der Waals surface area (Å²) in [5, 5.41) is 9.85. The molecular formula is C13H17N3OS. The predicted octanol–water partition coefficient (Wildman–Crippen LogP) is 2.84. The minimum atomic E-state index is -0.184. The Kier molecular flexibility index (Phi) is 3.63. The summed E-state index contributed by atoms with van der Waals surface area (Å²) in [6, 6.07) is 7.87. The number of aromatic nitrogens is 2. The van der Waals surface area contributed by atoms with Crippen LogP contribution in [-0.4, -0.2) is 15.8 Å². The monoisotopic (exact) mass is 263 g/mol. The van der Waals surface area contributed by atoms with Gasteiger partial charge in [-0.05, 0) is 45.0 Å². The van der Waals surface area contributed by atoms with E-state index in [1.165, 1.54) is 11.3 Å². The molecule has 0 aliphatic heterocycles. The molecule has 96 valence electrons. The zero-order valence-electron chi connectivity index (χ0n) is 10.8. The maximum atomic E-state index is 5.77. The molecule has 0 fully saturated rings. The summed E-state index contributed by atoms with van der Waals surface area (Å²) in [5.74, 6) is 0.856. The van der Waals surface area contributed by atoms with Crippen LogP contribution in [-0.2, 0) is 6.54 Å². The molecule has 5 heteroatoms. The molecule has 0 atom stereocenters. The standard InChI is InChI=1S/C13H17N3OS/c1-13(2,3)17-10-6-4-9(5-7-10)12-16-15-11(8-14)18-12/h4-7H,8,14H2,1-3H3. The summed E-state index contributed by atoms with van der Waals surface area (Å²) in [6.07, 6.45) is 0. The molecule has 0 spiro atoms. The SMILES string of the molecule is CC(C)(C)Oc1ccc(-c2nnc(CN)s2)cc1. The number of nitrogens with zero attached hydrogens (tertiary/aromatic N) is 2. The van der Waals surface area contributed by atoms with Gasteiger partial charge in [0.05, 0.1) is 0 Å². The summed E-state index contributed by atoms with van der Waals surface area (Å²) in [5.41, 5.74) is 6.37. The minimum absolute atomic E-state index is 0.184. The van der Waals surface area contributed by atoms with Gasteiger partial charge in [0.1, 0.15) is 21.4 Å². The van der Waals surface area contributed by atoms with E-state index in [9.17, 15) is 0 Å². The Labute approximate surface area is 111 Å². The van der Waals surface area contributed by atoms with E-state index >= 15 is 0 Å². The fraction of sp³-hybridized carbons (Fsp3) is 0.385. The zero-order chi connectivity index (χ0) is 13.2. The fourth-order valence-electron chi connectivity index (χ4n) is 1.47. The Bertz CT molecular complexity index is 514. The van der Waals surface area contributed by atoms with E-state index < -0.39 is 0 Å². The van der Waals surface area contributed by atoms with E-state index in [0.717, 1.165) is 21.3 Å². The predicted molar refractivity (Wildman–Crippen MR) is 73.6 cm³/mol. The largest absolute Gasteiger partial charge is 0.488 e. The lowest BCUT2D eigenvalue weighted by atomic mass is 10.2. The highest BCUT2D eigenvalue weighted by molar-refractivity contribution is 7.14. The first kappa shape index (κ1) is 13.0. The molecular weight excluding hydrogens is 246 g/mol. The van der Waals surface area contributed by atoms with Gasteiger partial charge in [-0.1, -0.05) is 11.3 Å². The Morgan fingerprint density at radius 2 is 1.83 bits per heavy atom. The Balaban J connectivity index is 2.17. The second-order valence-corrected chi connectivity index (χ2v) is 6.01. The molecule has 0 saturated carbocycles. The Morgan fingerprint density at radius 3 is 2.33 bits per heavy atom. The molecule has 4 nitrogen and oxygen atoms in total. The lowest BCUT2D eigenvalue weighted by Gasteiger charge is -2.21. The van der Waals surface area contributed by atoms with Crippen LogP contribution in [0.2, 0.25) is 0 Å². The van der Waals surface area contributed by atoms with Crippen LogP contribution in [0.1, 0.15) is 25.8 Å². The van der Waals surface area contributed by atoms with Gasteiger partial charge >= 0.3 is 0 Å². The lowest BCUT2D eigenvalue weighted by molar-refractivity contribution is 0.131. The van der Waals surface area contributed by atoms with Gasteiger partial charge in [-0.25, -0.2) is 0 Å². The number of hydrogen-bond acceptors (Lipinski definition) is 5. The molecule has 0 aliphatic rings. The van der Waals surface area contributed by atoms with Crippen LogP contribution in [0.3, 0.4) is 0 Å². The first-order valence-electron chi connectivity index (χ1n) is 5.80. The van der Waals surface area contributed by atoms with Crippen LogP contribution in [0.15, 0.2) is 24.3 Å². The van der Waals surface area contributed by atoms with Gasteiger partial charge in [-0.2, -0.15) is 0 Å². The van der Waals surface area contributed by atoms with Gasteiger partial charge in [-0.15, -0.1) is 10.2 Å². The van der Waals surface area contributed by atoms with Crippen LogP contribution >= 0.6 is 11.3 Å². The summed E-state index contributed by atoms with van der Waals surface area (Å²) >= 11 is 1.52. The summed E-state index contributed by atoms with van der Waals surface area (Å²) in [7, 11) is 0. The van der Waals surface area contributed by atoms with Crippen molar-refractivity contribution >= 4 is 11.3 Å². The van der Waals surface area contributed by atoms with Crippen molar-refractivity contribution in [3.8, 4) is 16.3 Å². The first-order chi connectivity index (χ1) is 8.48. The van der Waals surface area contributed by atoms with Crippen molar-refractivity contribution in [2.24, 2.45) is 5.73 Å². The number of hydrogen-bond donors (Lipinski definition) is 1. The molecule has 0 amide bonds. The molecule has 2 N–H and O–H groups in total. The van der Waals surface area contributed by atoms with Crippen molar-refractivity contribution in [2.75, 3.05) is 0 Å². The van der Waals surface area contributed by atoms with Crippen molar-refractivity contribution in [1.29, 1.82) is 0 Å². The molecule has 1 heterocycles. The normalized spacial score (nSPS) is 11.6. The maximum Gasteiger partial charge on any atom is 0.147 e. The molecule has 0 radical (unpaired) electrons. The zero-order valence-corrected chi connectivity index (χ0v) is 11.6. The highest BCUT2D eigenvalue weighted by Gasteiger charge is 2.12. The molecule has 0 unspecified atom stereocenters. The van der Waals surface area contributed by atoms with Crippen LogP contribution in [0, 0.1) is 0 Å². The molecule has 0 bridgehead atoms. The summed E-state index contributed by atoms with van der Waals surface area (Å²) in [6.45, 7) is 6.51. The van der Waals surface area contributed by atoms with E-state index in [4.69, 9.17) is 10.5 Å². The van der Waals surface area contributed by atoms with E-state index in [-0.39, 0.29) is 5.60 Å². The molecule has 0 aliphatic carbocycles. The molecule has 18 heavy (non-hydrogen) atoms. The van der Waals surface area contributed by atoms with Gasteiger partial charge in [0.15, 0.2) is 0 Å². The van der Waals surface area contributed by atoms with Crippen LogP contribution in [0.5, 0.6) is 5.75 Å². The number of nitrogens with two attached hydrogens (primary N) is 1. The Morgan fingerprint density at radius 1 is 1.17 bits per heavy atom. The fourth-order valence-corrected chi connectivity index (χ4v) is 2.20. The van der Waals surface area contributed by atoms with Crippen molar-refractivity contribution < 1.29 is 4.74 Å². The number of rotatable bonds is 3. The Hall–Kier alpha value is -1.46. The molecule has 2 aromatic rings. The van der Waals surface area contributed by atoms with Gasteiger partial charge in [0.25, 0.3) is 0 Å². The minimum Gasteiger partial charge on any atom is -0.488 e. The topological polar surface area (TPSA) is 61.0 Å². The second kappa shape index (κ2) is 5.04. The van der Waals surface area contributed by atoms with Crippen molar-refractivity contribution in [2.45, 2.75) is 32.9 Å². The van der Waals surface area contributed by atoms with Crippen molar-refractivity contribution in [3.05, 3.63) is 29.3 Å². The third-order valence-corrected chi connectivity index (χ3v) is 3.16. The maximum absolute atomic E-state index is 5.77. The average Bonchev–Trinajstić information content (AvgIpc) is 2.76. The highest BCUT2D eigenvalue weighted by atomic mass is 32.1. The molecule has 1 aromatic heterocycles. The van der Waals surface area contributed by atoms with Crippen LogP contribution < -0.4 is 10.5 Å². The smallest absolute Gasteiger partial charge is 0.147 e. The van der Waals surface area contributed by atoms with E-state index in [2.05, 4.69) is 10.2 Å². The summed E-state index contributed by atoms with van der Waals surface area (Å²) < 4.78 is 5.77. The first-order valence-corrected chi connectivity index (χ1v) is 6.61. The van der Waals surface area contributed by atoms with Gasteiger partial charge in [-0.3, -0.25) is 0 Å². The molecule has 2 rings (SSSR count). The van der Waals surface area contributed by atoms with Crippen LogP contribution in [0.4, 0.5) is 0 Å². The van der Waals surface area contributed by atoms with Crippen LogP contribution in [0.25, 0.3) is 10.6 Å². The van der Waals surface area contributed by atoms with Gasteiger partial charge in [0.2, 0.25) is 0 Å². The highest BCUT2D eigenvalue weighted by Crippen LogP contribution is 2.26. The third kappa shape index (κ3) is 3.27. The molecule has 1 aromatic carbocycles. The summed E-state index contributed by atoms with van der Waals surface area (Å²) in [4.78, 5) is 0. The third-order valence-electron chi connectivity index (χ3n) is 2.17. The lowest BCUT2D eigenvalue weighted by Crippen LogP contribution is -2.22. The van der Waals surface area contributed by atoms with E-state index in [1.807, 2.05) is 45.0 Å². The number of ether oxygens (including phenoxy) is 1. The van der Waals surface area contributed by atoms with Gasteiger partial charge < -0.3 is 10.5 Å². The van der Waals surface area contributed by atoms with Crippen molar-refractivity contribution in [1.82, 2.24) is 10.2 Å². The van der Waals surface area contributed by atoms with Gasteiger partial charge in [0, 0.05) is 12.1 Å². The second-order valence-electron chi connectivity index (χ2n) is 4.94. The van der Waals surface area contributed by atoms with E-state index in [0.29, 0.717) is 6.54 Å². The molecule has 0 saturated heterocycles. The average molecular weight is 263 g/mol.